The molecule has 6 aliphatic rings. The zero-order valence-corrected chi connectivity index (χ0v) is 10.3. The molecule has 0 spiro atoms. The Balaban J connectivity index is 1.53. The summed E-state index contributed by atoms with van der Waals surface area (Å²) < 4.78 is 0. The number of piperidine rings is 2. The van der Waals surface area contributed by atoms with Gasteiger partial charge in [-0.3, -0.25) is 0 Å². The van der Waals surface area contributed by atoms with Gasteiger partial charge >= 0.3 is 0 Å². The van der Waals surface area contributed by atoms with Crippen LogP contribution in [0.25, 0.3) is 0 Å². The van der Waals surface area contributed by atoms with E-state index in [4.69, 9.17) is 0 Å². The molecule has 6 fully saturated rings. The molecule has 1 heteroatoms. The minimum atomic E-state index is 0.899. The average molecular weight is 219 g/mol. The second-order valence-corrected chi connectivity index (χ2v) is 7.02. The van der Waals surface area contributed by atoms with Crippen molar-refractivity contribution < 1.29 is 0 Å². The standard InChI is InChI=1S/C15H25N/c1-3-11-4-2-10(1)7-14(11)15-8-13-6-5-12(15)9-16-13/h10-16H,1-9H2. The molecule has 4 aliphatic carbocycles. The van der Waals surface area contributed by atoms with Crippen molar-refractivity contribution in [1.29, 1.82) is 0 Å². The van der Waals surface area contributed by atoms with Gasteiger partial charge in [-0.15, -0.1) is 0 Å². The van der Waals surface area contributed by atoms with E-state index in [1.54, 1.807) is 32.1 Å². The lowest BCUT2D eigenvalue weighted by molar-refractivity contribution is -0.00777. The summed E-state index contributed by atoms with van der Waals surface area (Å²) in [4.78, 5) is 0. The van der Waals surface area contributed by atoms with E-state index in [1.807, 2.05) is 0 Å². The van der Waals surface area contributed by atoms with Crippen LogP contribution in [-0.2, 0) is 0 Å². The number of hydrogen-bond acceptors (Lipinski definition) is 1. The van der Waals surface area contributed by atoms with Gasteiger partial charge in [0.2, 0.25) is 0 Å². The van der Waals surface area contributed by atoms with E-state index >= 15 is 0 Å². The Morgan fingerprint density at radius 2 is 1.44 bits per heavy atom. The van der Waals surface area contributed by atoms with Gasteiger partial charge in [0.1, 0.15) is 0 Å². The van der Waals surface area contributed by atoms with Crippen LogP contribution in [0, 0.1) is 29.6 Å². The summed E-state index contributed by atoms with van der Waals surface area (Å²) in [6.45, 7) is 1.35. The van der Waals surface area contributed by atoms with E-state index in [0.29, 0.717) is 0 Å². The second-order valence-electron chi connectivity index (χ2n) is 7.02. The van der Waals surface area contributed by atoms with Gasteiger partial charge in [0.15, 0.2) is 0 Å². The zero-order valence-electron chi connectivity index (χ0n) is 10.3. The fourth-order valence-corrected chi connectivity index (χ4v) is 5.50. The highest BCUT2D eigenvalue weighted by Gasteiger charge is 2.45. The molecular formula is C15H25N. The number of rotatable bonds is 1. The molecule has 4 bridgehead atoms. The van der Waals surface area contributed by atoms with E-state index in [1.165, 1.54) is 25.8 Å². The van der Waals surface area contributed by atoms with Crippen molar-refractivity contribution in [2.75, 3.05) is 6.54 Å². The van der Waals surface area contributed by atoms with Gasteiger partial charge < -0.3 is 5.32 Å². The van der Waals surface area contributed by atoms with E-state index < -0.39 is 0 Å². The van der Waals surface area contributed by atoms with E-state index in [2.05, 4.69) is 5.32 Å². The molecule has 2 heterocycles. The highest BCUT2D eigenvalue weighted by Crippen LogP contribution is 2.52. The fraction of sp³-hybridized carbons (Fsp3) is 1.00. The predicted molar refractivity (Wildman–Crippen MR) is 66.2 cm³/mol. The zero-order chi connectivity index (χ0) is 10.5. The van der Waals surface area contributed by atoms with Crippen LogP contribution >= 0.6 is 0 Å². The van der Waals surface area contributed by atoms with Crippen molar-refractivity contribution >= 4 is 0 Å². The van der Waals surface area contributed by atoms with Crippen LogP contribution in [0.2, 0.25) is 0 Å². The van der Waals surface area contributed by atoms with Gasteiger partial charge in [0, 0.05) is 6.04 Å². The summed E-state index contributed by atoms with van der Waals surface area (Å²) in [6, 6.07) is 0.899. The molecule has 1 N–H and O–H groups in total. The van der Waals surface area contributed by atoms with Crippen molar-refractivity contribution in [2.45, 2.75) is 57.4 Å². The SMILES string of the molecule is C1CC2CCC1CC2C1CC2CCC1CN2. The molecule has 2 saturated heterocycles. The van der Waals surface area contributed by atoms with Gasteiger partial charge in [-0.1, -0.05) is 12.8 Å². The topological polar surface area (TPSA) is 12.0 Å². The molecule has 0 amide bonds. The van der Waals surface area contributed by atoms with Crippen molar-refractivity contribution in [3.8, 4) is 0 Å². The van der Waals surface area contributed by atoms with E-state index in [9.17, 15) is 0 Å². The van der Waals surface area contributed by atoms with Gasteiger partial charge in [-0.25, -0.2) is 0 Å². The Bertz CT molecular complexity index is 231. The summed E-state index contributed by atoms with van der Waals surface area (Å²) in [6.07, 6.45) is 12.4. The molecule has 0 radical (unpaired) electrons. The van der Waals surface area contributed by atoms with Crippen LogP contribution in [-0.4, -0.2) is 12.6 Å². The maximum Gasteiger partial charge on any atom is 0.00701 e. The van der Waals surface area contributed by atoms with Gasteiger partial charge in [-0.2, -0.15) is 0 Å². The third kappa shape index (κ3) is 1.47. The molecule has 0 aromatic rings. The third-order valence-corrected chi connectivity index (χ3v) is 6.37. The molecule has 90 valence electrons. The van der Waals surface area contributed by atoms with Crippen molar-refractivity contribution in [1.82, 2.24) is 5.32 Å². The summed E-state index contributed by atoms with van der Waals surface area (Å²) in [5.41, 5.74) is 0. The lowest BCUT2D eigenvalue weighted by Crippen LogP contribution is -2.53. The summed E-state index contributed by atoms with van der Waals surface area (Å²) in [7, 11) is 0. The quantitative estimate of drug-likeness (QED) is 0.714. The largest absolute Gasteiger partial charge is 0.314 e. The molecule has 2 aliphatic heterocycles. The maximum absolute atomic E-state index is 3.73. The van der Waals surface area contributed by atoms with Crippen molar-refractivity contribution in [3.63, 3.8) is 0 Å². The smallest absolute Gasteiger partial charge is 0.00701 e. The lowest BCUT2D eigenvalue weighted by atomic mass is 9.56. The first-order valence-electron chi connectivity index (χ1n) is 7.63. The minimum absolute atomic E-state index is 0.899. The molecule has 4 unspecified atom stereocenters. The van der Waals surface area contributed by atoms with E-state index in [0.717, 1.165) is 35.6 Å². The number of hydrogen-bond donors (Lipinski definition) is 1. The minimum Gasteiger partial charge on any atom is -0.314 e. The second kappa shape index (κ2) is 3.73. The third-order valence-electron chi connectivity index (χ3n) is 6.37. The molecule has 0 aromatic heterocycles. The number of fused-ring (bicyclic) bond motifs is 7. The lowest BCUT2D eigenvalue weighted by Gasteiger charge is -2.53. The van der Waals surface area contributed by atoms with E-state index in [-0.39, 0.29) is 0 Å². The Hall–Kier alpha value is -0.0400. The fourth-order valence-electron chi connectivity index (χ4n) is 5.50. The van der Waals surface area contributed by atoms with Gasteiger partial charge in [-0.05, 0) is 74.7 Å². The van der Waals surface area contributed by atoms with Gasteiger partial charge in [0.05, 0.1) is 0 Å². The molecule has 0 aromatic carbocycles. The monoisotopic (exact) mass is 219 g/mol. The van der Waals surface area contributed by atoms with Crippen LogP contribution in [0.1, 0.15) is 51.4 Å². The molecule has 4 atom stereocenters. The predicted octanol–water partition coefficient (Wildman–Crippen LogP) is 3.20. The molecule has 4 saturated carbocycles. The maximum atomic E-state index is 3.73. The van der Waals surface area contributed by atoms with Crippen LogP contribution < -0.4 is 5.32 Å². The first-order chi connectivity index (χ1) is 7.90. The summed E-state index contributed by atoms with van der Waals surface area (Å²) >= 11 is 0. The Labute approximate surface area is 99.4 Å². The average Bonchev–Trinajstić information content (AvgIpc) is 2.41. The highest BCUT2D eigenvalue weighted by molar-refractivity contribution is 4.98. The molecule has 16 heavy (non-hydrogen) atoms. The van der Waals surface area contributed by atoms with Crippen LogP contribution in [0.5, 0.6) is 0 Å². The Morgan fingerprint density at radius 1 is 0.688 bits per heavy atom. The summed E-state index contributed by atoms with van der Waals surface area (Å²) in [5, 5.41) is 3.73. The van der Waals surface area contributed by atoms with Crippen molar-refractivity contribution in [2.24, 2.45) is 29.6 Å². The first kappa shape index (κ1) is 9.94. The Morgan fingerprint density at radius 3 is 1.94 bits per heavy atom. The van der Waals surface area contributed by atoms with Gasteiger partial charge in [0.25, 0.3) is 0 Å². The molecule has 6 rings (SSSR count). The van der Waals surface area contributed by atoms with Crippen LogP contribution in [0.4, 0.5) is 0 Å². The Kier molecular flexibility index (Phi) is 2.32. The highest BCUT2D eigenvalue weighted by atomic mass is 15.0. The number of nitrogens with one attached hydrogen (secondary N) is 1. The summed E-state index contributed by atoms with van der Waals surface area (Å²) in [5.74, 6) is 5.57. The van der Waals surface area contributed by atoms with Crippen LogP contribution in [0.3, 0.4) is 0 Å². The first-order valence-corrected chi connectivity index (χ1v) is 7.63. The van der Waals surface area contributed by atoms with Crippen molar-refractivity contribution in [3.05, 3.63) is 0 Å². The molecular weight excluding hydrogens is 194 g/mol. The van der Waals surface area contributed by atoms with Crippen LogP contribution in [0.15, 0.2) is 0 Å². The molecule has 1 nitrogen and oxygen atoms in total. The normalized spacial score (nSPS) is 55.5.